The van der Waals surface area contributed by atoms with Gasteiger partial charge in [-0.15, -0.1) is 0 Å². The minimum atomic E-state index is -0.397. The third-order valence-corrected chi connectivity index (χ3v) is 3.56. The number of nitrogens with one attached hydrogen (secondary N) is 1. The highest BCUT2D eigenvalue weighted by Gasteiger charge is 2.13. The lowest BCUT2D eigenvalue weighted by molar-refractivity contribution is 0.102. The maximum Gasteiger partial charge on any atom is 0.259 e. The van der Waals surface area contributed by atoms with Gasteiger partial charge in [-0.25, -0.2) is 0 Å². The van der Waals surface area contributed by atoms with E-state index in [-0.39, 0.29) is 11.3 Å². The van der Waals surface area contributed by atoms with Crippen LogP contribution in [0.1, 0.15) is 10.4 Å². The highest BCUT2D eigenvalue weighted by Crippen LogP contribution is 2.27. The molecule has 3 aromatic carbocycles. The molecular weight excluding hydrogens is 286 g/mol. The van der Waals surface area contributed by atoms with Crippen molar-refractivity contribution in [3.63, 3.8) is 0 Å². The molecule has 3 nitrogen and oxygen atoms in total. The largest absolute Gasteiger partial charge is 0.507 e. The highest BCUT2D eigenvalue weighted by molar-refractivity contribution is 6.34. The normalized spacial score (nSPS) is 10.5. The van der Waals surface area contributed by atoms with Crippen molar-refractivity contribution in [2.24, 2.45) is 0 Å². The van der Waals surface area contributed by atoms with Gasteiger partial charge in [0.15, 0.2) is 0 Å². The summed E-state index contributed by atoms with van der Waals surface area (Å²) in [5.41, 5.74) is 0.727. The fourth-order valence-electron chi connectivity index (χ4n) is 2.16. The number of para-hydroxylation sites is 1. The molecule has 0 radical (unpaired) electrons. The van der Waals surface area contributed by atoms with Gasteiger partial charge in [0, 0.05) is 0 Å². The number of benzene rings is 3. The molecule has 1 amide bonds. The van der Waals surface area contributed by atoms with Crippen molar-refractivity contribution in [2.45, 2.75) is 0 Å². The molecule has 2 N–H and O–H groups in total. The summed E-state index contributed by atoms with van der Waals surface area (Å²) in [7, 11) is 0. The lowest BCUT2D eigenvalue weighted by Crippen LogP contribution is -2.12. The number of rotatable bonds is 2. The number of hydrogen-bond acceptors (Lipinski definition) is 2. The maximum absolute atomic E-state index is 12.3. The first-order valence-electron chi connectivity index (χ1n) is 6.43. The average molecular weight is 298 g/mol. The minimum Gasteiger partial charge on any atom is -0.507 e. The van der Waals surface area contributed by atoms with Gasteiger partial charge in [0.2, 0.25) is 0 Å². The standard InChI is InChI=1S/C17H12ClNO2/c18-14-7-3-4-8-15(14)19-17(21)13-9-11-5-1-2-6-12(11)10-16(13)20/h1-10,20H,(H,19,21). The summed E-state index contributed by atoms with van der Waals surface area (Å²) in [6.45, 7) is 0. The first kappa shape index (κ1) is 13.5. The molecule has 0 unspecified atom stereocenters. The summed E-state index contributed by atoms with van der Waals surface area (Å²) >= 11 is 6.01. The van der Waals surface area contributed by atoms with Crippen LogP contribution in [0.15, 0.2) is 60.7 Å². The number of halogens is 1. The number of anilines is 1. The molecule has 0 aromatic heterocycles. The SMILES string of the molecule is O=C(Nc1ccccc1Cl)c1cc2ccccc2cc1O. The topological polar surface area (TPSA) is 49.3 Å². The second kappa shape index (κ2) is 5.46. The van der Waals surface area contributed by atoms with Crippen molar-refractivity contribution in [3.8, 4) is 5.75 Å². The molecule has 104 valence electrons. The van der Waals surface area contributed by atoms with Gasteiger partial charge in [0.25, 0.3) is 5.91 Å². The Morgan fingerprint density at radius 1 is 0.952 bits per heavy atom. The summed E-state index contributed by atoms with van der Waals surface area (Å²) in [4.78, 5) is 12.3. The molecule has 3 aromatic rings. The van der Waals surface area contributed by atoms with Gasteiger partial charge in [-0.2, -0.15) is 0 Å². The van der Waals surface area contributed by atoms with Crippen LogP contribution >= 0.6 is 11.6 Å². The number of phenols is 1. The van der Waals surface area contributed by atoms with Gasteiger partial charge in [0.1, 0.15) is 5.75 Å². The number of phenolic OH excluding ortho intramolecular Hbond substituents is 1. The van der Waals surface area contributed by atoms with Crippen LogP contribution < -0.4 is 5.32 Å². The van der Waals surface area contributed by atoms with Gasteiger partial charge >= 0.3 is 0 Å². The number of aromatic hydroxyl groups is 1. The molecule has 0 atom stereocenters. The Morgan fingerprint density at radius 2 is 1.57 bits per heavy atom. The molecule has 0 spiro atoms. The molecule has 0 fully saturated rings. The second-order valence-corrected chi connectivity index (χ2v) is 5.06. The quantitative estimate of drug-likeness (QED) is 0.734. The summed E-state index contributed by atoms with van der Waals surface area (Å²) < 4.78 is 0. The van der Waals surface area contributed by atoms with E-state index in [0.717, 1.165) is 10.8 Å². The third kappa shape index (κ3) is 2.69. The predicted octanol–water partition coefficient (Wildman–Crippen LogP) is 4.45. The Balaban J connectivity index is 1.98. The smallest absolute Gasteiger partial charge is 0.259 e. The first-order valence-corrected chi connectivity index (χ1v) is 6.80. The van der Waals surface area contributed by atoms with E-state index in [1.54, 1.807) is 36.4 Å². The van der Waals surface area contributed by atoms with E-state index in [2.05, 4.69) is 5.32 Å². The van der Waals surface area contributed by atoms with Crippen LogP contribution in [0.2, 0.25) is 5.02 Å². The molecule has 4 heteroatoms. The van der Waals surface area contributed by atoms with Crippen LogP contribution in [-0.4, -0.2) is 11.0 Å². The molecule has 0 saturated heterocycles. The molecule has 3 rings (SSSR count). The van der Waals surface area contributed by atoms with Gasteiger partial charge in [-0.3, -0.25) is 4.79 Å². The van der Waals surface area contributed by atoms with Crippen LogP contribution in [0.4, 0.5) is 5.69 Å². The van der Waals surface area contributed by atoms with E-state index in [0.29, 0.717) is 10.7 Å². The first-order chi connectivity index (χ1) is 10.1. The zero-order valence-electron chi connectivity index (χ0n) is 11.0. The Morgan fingerprint density at radius 3 is 2.29 bits per heavy atom. The number of fused-ring (bicyclic) bond motifs is 1. The van der Waals surface area contributed by atoms with Crippen molar-refractivity contribution in [1.29, 1.82) is 0 Å². The van der Waals surface area contributed by atoms with E-state index in [1.807, 2.05) is 24.3 Å². The van der Waals surface area contributed by atoms with Crippen molar-refractivity contribution in [2.75, 3.05) is 5.32 Å². The second-order valence-electron chi connectivity index (χ2n) is 4.65. The fourth-order valence-corrected chi connectivity index (χ4v) is 2.35. The van der Waals surface area contributed by atoms with Crippen LogP contribution in [-0.2, 0) is 0 Å². The molecule has 21 heavy (non-hydrogen) atoms. The molecule has 0 saturated carbocycles. The Labute approximate surface area is 126 Å². The van der Waals surface area contributed by atoms with Crippen LogP contribution in [0.5, 0.6) is 5.75 Å². The molecule has 0 bridgehead atoms. The Kier molecular flexibility index (Phi) is 3.50. The number of carbonyl (C=O) groups is 1. The number of hydrogen-bond donors (Lipinski definition) is 2. The Bertz CT molecular complexity index is 830. The van der Waals surface area contributed by atoms with E-state index < -0.39 is 5.91 Å². The zero-order chi connectivity index (χ0) is 14.8. The zero-order valence-corrected chi connectivity index (χ0v) is 11.8. The summed E-state index contributed by atoms with van der Waals surface area (Å²) in [5, 5.41) is 15.0. The van der Waals surface area contributed by atoms with Crippen LogP contribution in [0.3, 0.4) is 0 Å². The summed E-state index contributed by atoms with van der Waals surface area (Å²) in [6.07, 6.45) is 0. The molecule has 0 aliphatic heterocycles. The van der Waals surface area contributed by atoms with E-state index >= 15 is 0 Å². The minimum absolute atomic E-state index is 0.0572. The van der Waals surface area contributed by atoms with Crippen molar-refractivity contribution < 1.29 is 9.90 Å². The predicted molar refractivity (Wildman–Crippen MR) is 85.0 cm³/mol. The lowest BCUT2D eigenvalue weighted by Gasteiger charge is -2.09. The Hall–Kier alpha value is -2.52. The van der Waals surface area contributed by atoms with E-state index in [1.165, 1.54) is 0 Å². The van der Waals surface area contributed by atoms with Gasteiger partial charge in [0.05, 0.1) is 16.3 Å². The fraction of sp³-hybridized carbons (Fsp3) is 0. The van der Waals surface area contributed by atoms with Crippen molar-refractivity contribution in [3.05, 3.63) is 71.2 Å². The summed E-state index contributed by atoms with van der Waals surface area (Å²) in [6, 6.07) is 17.7. The lowest BCUT2D eigenvalue weighted by atomic mass is 10.1. The van der Waals surface area contributed by atoms with Gasteiger partial charge < -0.3 is 10.4 Å². The average Bonchev–Trinajstić information content (AvgIpc) is 2.49. The van der Waals surface area contributed by atoms with Crippen LogP contribution in [0.25, 0.3) is 10.8 Å². The summed E-state index contributed by atoms with van der Waals surface area (Å²) in [5.74, 6) is -0.454. The molecule has 0 aliphatic carbocycles. The van der Waals surface area contributed by atoms with Crippen molar-refractivity contribution in [1.82, 2.24) is 0 Å². The van der Waals surface area contributed by atoms with E-state index in [4.69, 9.17) is 11.6 Å². The molecular formula is C17H12ClNO2. The number of carbonyl (C=O) groups excluding carboxylic acids is 1. The van der Waals surface area contributed by atoms with Gasteiger partial charge in [-0.05, 0) is 35.0 Å². The van der Waals surface area contributed by atoms with Gasteiger partial charge in [-0.1, -0.05) is 48.0 Å². The molecule has 0 aliphatic rings. The highest BCUT2D eigenvalue weighted by atomic mass is 35.5. The van der Waals surface area contributed by atoms with E-state index in [9.17, 15) is 9.90 Å². The molecule has 0 heterocycles. The number of amides is 1. The monoisotopic (exact) mass is 297 g/mol. The van der Waals surface area contributed by atoms with Crippen LogP contribution in [0, 0.1) is 0 Å². The third-order valence-electron chi connectivity index (χ3n) is 3.23. The maximum atomic E-state index is 12.3. The van der Waals surface area contributed by atoms with Crippen molar-refractivity contribution >= 4 is 34.0 Å².